The first-order valence-electron chi connectivity index (χ1n) is 5.73. The predicted molar refractivity (Wildman–Crippen MR) is 70.5 cm³/mol. The van der Waals surface area contributed by atoms with Gasteiger partial charge in [-0.1, -0.05) is 25.1 Å². The van der Waals surface area contributed by atoms with Crippen LogP contribution in [0.25, 0.3) is 0 Å². The van der Waals surface area contributed by atoms with E-state index in [1.54, 1.807) is 19.1 Å². The average Bonchev–Trinajstić information content (AvgIpc) is 2.29. The van der Waals surface area contributed by atoms with Crippen molar-refractivity contribution in [3.8, 4) is 6.07 Å². The molecule has 1 N–H and O–H groups in total. The number of aliphatic carboxylic acids is 1. The summed E-state index contributed by atoms with van der Waals surface area (Å²) in [5.74, 6) is -0.874. The summed E-state index contributed by atoms with van der Waals surface area (Å²) < 4.78 is -0.943. The summed E-state index contributed by atoms with van der Waals surface area (Å²) in [4.78, 5) is 15.6. The van der Waals surface area contributed by atoms with Gasteiger partial charge in [0.25, 0.3) is 0 Å². The number of hydrogen-bond acceptors (Lipinski definition) is 4. The number of carboxylic acids is 1. The van der Waals surface area contributed by atoms with Gasteiger partial charge in [0, 0.05) is 5.69 Å². The lowest BCUT2D eigenvalue weighted by Gasteiger charge is -2.23. The Morgan fingerprint density at radius 1 is 1.61 bits per heavy atom. The Labute approximate surface area is 111 Å². The Morgan fingerprint density at radius 3 is 2.78 bits per heavy atom. The maximum absolute atomic E-state index is 11.4. The van der Waals surface area contributed by atoms with E-state index in [0.29, 0.717) is 17.0 Å². The molecule has 18 heavy (non-hydrogen) atoms. The molecule has 0 fully saturated rings. The average molecular weight is 264 g/mol. The molecule has 4 nitrogen and oxygen atoms in total. The van der Waals surface area contributed by atoms with E-state index < -0.39 is 10.7 Å². The first-order chi connectivity index (χ1) is 8.42. The van der Waals surface area contributed by atoms with Gasteiger partial charge in [0.2, 0.25) is 0 Å². The van der Waals surface area contributed by atoms with Crippen LogP contribution in [0.5, 0.6) is 0 Å². The molecule has 0 aliphatic rings. The molecule has 0 bridgehead atoms. The molecule has 0 amide bonds. The fourth-order valence-electron chi connectivity index (χ4n) is 1.59. The van der Waals surface area contributed by atoms with E-state index in [1.165, 1.54) is 0 Å². The Morgan fingerprint density at radius 2 is 2.28 bits per heavy atom. The van der Waals surface area contributed by atoms with Gasteiger partial charge in [0.1, 0.15) is 15.8 Å². The molecule has 0 saturated carbocycles. The van der Waals surface area contributed by atoms with Crippen LogP contribution in [0.4, 0.5) is 0 Å². The lowest BCUT2D eigenvalue weighted by atomic mass is 10.1. The minimum atomic E-state index is -0.943. The number of nitrogens with zero attached hydrogens (tertiary/aromatic N) is 2. The first kappa shape index (κ1) is 14.5. The highest BCUT2D eigenvalue weighted by Gasteiger charge is 2.34. The largest absolute Gasteiger partial charge is 0.480 e. The maximum atomic E-state index is 11.4. The van der Waals surface area contributed by atoms with Crippen molar-refractivity contribution in [1.29, 1.82) is 5.26 Å². The molecule has 0 saturated heterocycles. The number of aryl methyl sites for hydroxylation is 1. The molecular weight excluding hydrogens is 248 g/mol. The Bertz CT molecular complexity index is 496. The van der Waals surface area contributed by atoms with Crippen LogP contribution in [-0.2, 0) is 4.79 Å². The maximum Gasteiger partial charge on any atom is 0.319 e. The lowest BCUT2D eigenvalue weighted by molar-refractivity contribution is -0.139. The summed E-state index contributed by atoms with van der Waals surface area (Å²) in [6.45, 7) is 5.44. The van der Waals surface area contributed by atoms with E-state index in [-0.39, 0.29) is 0 Å². The summed E-state index contributed by atoms with van der Waals surface area (Å²) in [6.07, 6.45) is 1.30. The monoisotopic (exact) mass is 264 g/mol. The van der Waals surface area contributed by atoms with Gasteiger partial charge in [0.05, 0.1) is 5.56 Å². The van der Waals surface area contributed by atoms with E-state index >= 15 is 0 Å². The highest BCUT2D eigenvalue weighted by atomic mass is 32.2. The third-order valence-electron chi connectivity index (χ3n) is 2.62. The van der Waals surface area contributed by atoms with Gasteiger partial charge < -0.3 is 5.11 Å². The summed E-state index contributed by atoms with van der Waals surface area (Å²) in [5.41, 5.74) is 1.20. The van der Waals surface area contributed by atoms with E-state index in [0.717, 1.165) is 23.9 Å². The van der Waals surface area contributed by atoms with Gasteiger partial charge >= 0.3 is 5.97 Å². The molecule has 0 aromatic carbocycles. The highest BCUT2D eigenvalue weighted by molar-refractivity contribution is 8.01. The fourth-order valence-corrected chi connectivity index (χ4v) is 2.82. The molecule has 0 radical (unpaired) electrons. The van der Waals surface area contributed by atoms with Crippen molar-refractivity contribution in [2.45, 2.75) is 43.4 Å². The molecule has 1 aromatic rings. The van der Waals surface area contributed by atoms with Crippen molar-refractivity contribution in [3.05, 3.63) is 23.4 Å². The third kappa shape index (κ3) is 3.23. The van der Waals surface area contributed by atoms with Gasteiger partial charge in [-0.15, -0.1) is 0 Å². The van der Waals surface area contributed by atoms with E-state index in [4.69, 9.17) is 5.26 Å². The second-order valence-corrected chi connectivity index (χ2v) is 5.80. The van der Waals surface area contributed by atoms with Gasteiger partial charge in [0.15, 0.2) is 0 Å². The van der Waals surface area contributed by atoms with Gasteiger partial charge in [-0.2, -0.15) is 5.26 Å². The van der Waals surface area contributed by atoms with Crippen LogP contribution in [0.3, 0.4) is 0 Å². The van der Waals surface area contributed by atoms with Crippen molar-refractivity contribution in [2.24, 2.45) is 0 Å². The lowest BCUT2D eigenvalue weighted by Crippen LogP contribution is -2.31. The number of carbonyl (C=O) groups is 1. The molecular formula is C13H16N2O2S. The third-order valence-corrected chi connectivity index (χ3v) is 3.96. The molecule has 1 rings (SSSR count). The number of pyridine rings is 1. The zero-order chi connectivity index (χ0) is 13.8. The van der Waals surface area contributed by atoms with Crippen molar-refractivity contribution >= 4 is 17.7 Å². The zero-order valence-corrected chi connectivity index (χ0v) is 11.5. The van der Waals surface area contributed by atoms with Crippen molar-refractivity contribution in [3.63, 3.8) is 0 Å². The van der Waals surface area contributed by atoms with Crippen LogP contribution >= 0.6 is 11.8 Å². The molecule has 0 aliphatic heterocycles. The second kappa shape index (κ2) is 5.87. The SMILES string of the molecule is CCC[C@](C)(Sc1nc(C)ccc1C#N)C(=O)O. The molecule has 0 aliphatic carbocycles. The standard InChI is InChI=1S/C13H16N2O2S/c1-4-7-13(3,12(16)17)18-11-10(8-14)6-5-9(2)15-11/h5-6H,4,7H2,1-3H3,(H,16,17)/t13-/m0/s1. The summed E-state index contributed by atoms with van der Waals surface area (Å²) >= 11 is 1.16. The number of carboxylic acid groups (broad SMARTS) is 1. The first-order valence-corrected chi connectivity index (χ1v) is 6.54. The number of rotatable bonds is 5. The smallest absolute Gasteiger partial charge is 0.319 e. The van der Waals surface area contributed by atoms with Crippen LogP contribution in [0.1, 0.15) is 37.9 Å². The second-order valence-electron chi connectivity index (χ2n) is 4.31. The predicted octanol–water partition coefficient (Wildman–Crippen LogP) is 3.00. The number of hydrogen-bond donors (Lipinski definition) is 1. The van der Waals surface area contributed by atoms with E-state index in [1.807, 2.05) is 13.8 Å². The number of thioether (sulfide) groups is 1. The van der Waals surface area contributed by atoms with Crippen LogP contribution in [0.2, 0.25) is 0 Å². The number of aromatic nitrogens is 1. The Balaban J connectivity index is 3.12. The zero-order valence-electron chi connectivity index (χ0n) is 10.7. The number of nitriles is 1. The summed E-state index contributed by atoms with van der Waals surface area (Å²) in [7, 11) is 0. The van der Waals surface area contributed by atoms with Crippen LogP contribution < -0.4 is 0 Å². The molecule has 5 heteroatoms. The topological polar surface area (TPSA) is 74.0 Å². The minimum absolute atomic E-state index is 0.425. The summed E-state index contributed by atoms with van der Waals surface area (Å²) in [5, 5.41) is 18.8. The van der Waals surface area contributed by atoms with Gasteiger partial charge in [-0.3, -0.25) is 4.79 Å². The van der Waals surface area contributed by atoms with E-state index in [2.05, 4.69) is 11.1 Å². The fraction of sp³-hybridized carbons (Fsp3) is 0.462. The Kier molecular flexibility index (Phi) is 4.74. The van der Waals surface area contributed by atoms with E-state index in [9.17, 15) is 9.90 Å². The molecule has 0 spiro atoms. The highest BCUT2D eigenvalue weighted by Crippen LogP contribution is 2.37. The van der Waals surface area contributed by atoms with Crippen molar-refractivity contribution < 1.29 is 9.90 Å². The minimum Gasteiger partial charge on any atom is -0.480 e. The van der Waals surface area contributed by atoms with Crippen LogP contribution in [-0.4, -0.2) is 20.8 Å². The molecule has 0 unspecified atom stereocenters. The molecule has 96 valence electrons. The quantitative estimate of drug-likeness (QED) is 0.827. The van der Waals surface area contributed by atoms with Crippen molar-refractivity contribution in [1.82, 2.24) is 4.98 Å². The normalized spacial score (nSPS) is 13.7. The molecule has 1 heterocycles. The molecule has 1 atom stereocenters. The van der Waals surface area contributed by atoms with Gasteiger partial charge in [-0.05, 0) is 32.4 Å². The van der Waals surface area contributed by atoms with Crippen LogP contribution in [0.15, 0.2) is 17.2 Å². The van der Waals surface area contributed by atoms with Crippen molar-refractivity contribution in [2.75, 3.05) is 0 Å². The van der Waals surface area contributed by atoms with Crippen LogP contribution in [0, 0.1) is 18.3 Å². The molecule has 1 aromatic heterocycles. The summed E-state index contributed by atoms with van der Waals surface area (Å²) in [6, 6.07) is 5.48. The van der Waals surface area contributed by atoms with Gasteiger partial charge in [-0.25, -0.2) is 4.98 Å². The Hall–Kier alpha value is -1.54.